The van der Waals surface area contributed by atoms with Crippen LogP contribution in [-0.4, -0.2) is 80.4 Å². The molecule has 44 heavy (non-hydrogen) atoms. The molecule has 3 aromatic rings. The fourth-order valence-corrected chi connectivity index (χ4v) is 5.91. The molecule has 0 spiro atoms. The lowest BCUT2D eigenvalue weighted by Crippen LogP contribution is -2.62. The van der Waals surface area contributed by atoms with E-state index in [-0.39, 0.29) is 37.1 Å². The van der Waals surface area contributed by atoms with Crippen molar-refractivity contribution in [1.29, 1.82) is 0 Å². The first-order chi connectivity index (χ1) is 20.5. The van der Waals surface area contributed by atoms with E-state index in [9.17, 15) is 14.0 Å². The second kappa shape index (κ2) is 11.5. The van der Waals surface area contributed by atoms with Gasteiger partial charge in [-0.05, 0) is 33.8 Å². The first-order valence-corrected chi connectivity index (χ1v) is 14.7. The Hall–Kier alpha value is -3.93. The summed E-state index contributed by atoms with van der Waals surface area (Å²) in [5.74, 6) is -4.12. The van der Waals surface area contributed by atoms with E-state index >= 15 is 8.78 Å². The minimum Gasteiger partial charge on any atom is -0.444 e. The Balaban J connectivity index is 1.41. The quantitative estimate of drug-likeness (QED) is 0.381. The predicted octanol–water partition coefficient (Wildman–Crippen LogP) is 5.19. The first kappa shape index (κ1) is 31.5. The van der Waals surface area contributed by atoms with Gasteiger partial charge in [0.15, 0.2) is 5.82 Å². The maximum absolute atomic E-state index is 15.5. The Kier molecular flexibility index (Phi) is 8.25. The number of carbonyl (C=O) groups is 2. The minimum atomic E-state index is -3.35. The van der Waals surface area contributed by atoms with E-state index in [1.54, 1.807) is 48.8 Å². The fourth-order valence-electron chi connectivity index (χ4n) is 5.91. The highest BCUT2D eigenvalue weighted by molar-refractivity contribution is 5.97. The van der Waals surface area contributed by atoms with Gasteiger partial charge < -0.3 is 14.5 Å². The number of ether oxygens (including phenoxy) is 1. The Morgan fingerprint density at radius 1 is 1.09 bits per heavy atom. The third-order valence-electron chi connectivity index (χ3n) is 8.14. The summed E-state index contributed by atoms with van der Waals surface area (Å²) in [6.45, 7) is 12.2. The third kappa shape index (κ3) is 6.45. The number of hydrogen-bond acceptors (Lipinski definition) is 6. The van der Waals surface area contributed by atoms with Gasteiger partial charge in [-0.2, -0.15) is 13.9 Å². The van der Waals surface area contributed by atoms with Gasteiger partial charge in [0.2, 0.25) is 5.91 Å². The molecular formula is C32H39F3N6O3. The molecule has 2 aromatic heterocycles. The fraction of sp³-hybridized carbons (Fsp3) is 0.500. The molecule has 2 aliphatic rings. The molecule has 0 unspecified atom stereocenters. The Morgan fingerprint density at radius 2 is 1.80 bits per heavy atom. The average Bonchev–Trinajstić information content (AvgIpc) is 3.48. The van der Waals surface area contributed by atoms with Crippen molar-refractivity contribution in [3.05, 3.63) is 77.6 Å². The molecule has 0 radical (unpaired) electrons. The van der Waals surface area contributed by atoms with E-state index in [0.29, 0.717) is 24.3 Å². The lowest BCUT2D eigenvalue weighted by Gasteiger charge is -2.45. The summed E-state index contributed by atoms with van der Waals surface area (Å²) in [7, 11) is 0. The summed E-state index contributed by atoms with van der Waals surface area (Å²) in [5.41, 5.74) is -0.691. The molecule has 0 aliphatic carbocycles. The molecule has 12 heteroatoms. The molecule has 5 rings (SSSR count). The predicted molar refractivity (Wildman–Crippen MR) is 159 cm³/mol. The number of rotatable bonds is 6. The summed E-state index contributed by atoms with van der Waals surface area (Å²) >= 11 is 0. The highest BCUT2D eigenvalue weighted by Crippen LogP contribution is 2.44. The van der Waals surface area contributed by atoms with Crippen LogP contribution in [0.25, 0.3) is 0 Å². The molecule has 0 N–H and O–H groups in total. The molecule has 236 valence electrons. The van der Waals surface area contributed by atoms with Crippen molar-refractivity contribution < 1.29 is 27.5 Å². The molecule has 2 atom stereocenters. The SMILES string of the molecule is C[C@@H]1CN(CC(=O)N2CC(C)(C)c3cnc(C(F)(F)c4ccccc4)cc32)[C@@H](Cn2cc(F)cn2)CN1C(=O)OC(C)(C)C. The van der Waals surface area contributed by atoms with Crippen molar-refractivity contribution in [2.24, 2.45) is 0 Å². The summed E-state index contributed by atoms with van der Waals surface area (Å²) in [4.78, 5) is 36.3. The van der Waals surface area contributed by atoms with Crippen molar-refractivity contribution in [2.45, 2.75) is 77.1 Å². The molecule has 4 heterocycles. The van der Waals surface area contributed by atoms with Crippen LogP contribution in [0.3, 0.4) is 0 Å². The van der Waals surface area contributed by atoms with Gasteiger partial charge in [0.25, 0.3) is 0 Å². The van der Waals surface area contributed by atoms with Gasteiger partial charge in [0.05, 0.1) is 31.2 Å². The van der Waals surface area contributed by atoms with E-state index in [2.05, 4.69) is 10.1 Å². The minimum absolute atomic E-state index is 0.0385. The van der Waals surface area contributed by atoms with Gasteiger partial charge in [-0.25, -0.2) is 9.18 Å². The molecule has 2 amide bonds. The molecular weight excluding hydrogens is 573 g/mol. The highest BCUT2D eigenvalue weighted by atomic mass is 19.3. The van der Waals surface area contributed by atoms with Crippen molar-refractivity contribution in [2.75, 3.05) is 31.1 Å². The van der Waals surface area contributed by atoms with Crippen molar-refractivity contribution in [3.63, 3.8) is 0 Å². The molecule has 9 nitrogen and oxygen atoms in total. The number of amides is 2. The number of alkyl halides is 2. The van der Waals surface area contributed by atoms with Crippen LogP contribution in [0, 0.1) is 5.82 Å². The van der Waals surface area contributed by atoms with Gasteiger partial charge in [-0.3, -0.25) is 19.4 Å². The van der Waals surface area contributed by atoms with Crippen LogP contribution < -0.4 is 4.90 Å². The van der Waals surface area contributed by atoms with Crippen molar-refractivity contribution in [1.82, 2.24) is 24.6 Å². The van der Waals surface area contributed by atoms with Crippen LogP contribution in [0.15, 0.2) is 55.0 Å². The molecule has 0 bridgehead atoms. The number of carbonyl (C=O) groups excluding carboxylic acids is 2. The summed E-state index contributed by atoms with van der Waals surface area (Å²) in [6, 6.07) is 8.11. The standard InChI is InChI=1S/C32H39F3N6O3/c1-21-15-38(24(17-39-16-23(33)13-37-39)18-40(21)29(43)44-30(2,3)4)19-28(42)41-20-31(5,6)25-14-36-27(12-26(25)41)32(34,35)22-10-8-7-9-11-22/h7-14,16,21,24H,15,17-20H2,1-6H3/t21-,24+/m1/s1. The maximum Gasteiger partial charge on any atom is 0.410 e. The zero-order chi connectivity index (χ0) is 32.0. The van der Waals surface area contributed by atoms with Gasteiger partial charge in [0.1, 0.15) is 11.3 Å². The van der Waals surface area contributed by atoms with Crippen LogP contribution in [0.1, 0.15) is 58.4 Å². The first-order valence-electron chi connectivity index (χ1n) is 14.7. The number of halogens is 3. The van der Waals surface area contributed by atoms with Gasteiger partial charge in [-0.15, -0.1) is 0 Å². The highest BCUT2D eigenvalue weighted by Gasteiger charge is 2.44. The molecule has 0 saturated carbocycles. The van der Waals surface area contributed by atoms with E-state index in [1.165, 1.54) is 35.3 Å². The Morgan fingerprint density at radius 3 is 2.43 bits per heavy atom. The molecule has 1 fully saturated rings. The molecule has 1 saturated heterocycles. The van der Waals surface area contributed by atoms with Gasteiger partial charge in [-0.1, -0.05) is 44.2 Å². The lowest BCUT2D eigenvalue weighted by molar-refractivity contribution is -0.121. The average molecular weight is 613 g/mol. The summed E-state index contributed by atoms with van der Waals surface area (Å²) in [6.07, 6.45) is 3.34. The van der Waals surface area contributed by atoms with Gasteiger partial charge in [0, 0.05) is 54.5 Å². The zero-order valence-electron chi connectivity index (χ0n) is 25.9. The van der Waals surface area contributed by atoms with Gasteiger partial charge >= 0.3 is 12.0 Å². The zero-order valence-corrected chi connectivity index (χ0v) is 25.9. The van der Waals surface area contributed by atoms with Crippen LogP contribution in [0.2, 0.25) is 0 Å². The second-order valence-corrected chi connectivity index (χ2v) is 13.3. The number of pyridine rings is 1. The lowest BCUT2D eigenvalue weighted by atomic mass is 9.88. The van der Waals surface area contributed by atoms with Crippen LogP contribution in [0.4, 0.5) is 23.7 Å². The van der Waals surface area contributed by atoms with Crippen LogP contribution >= 0.6 is 0 Å². The maximum atomic E-state index is 15.5. The normalized spacial score (nSPS) is 20.5. The number of aromatic nitrogens is 3. The topological polar surface area (TPSA) is 83.8 Å². The third-order valence-corrected chi connectivity index (χ3v) is 8.14. The van der Waals surface area contributed by atoms with Crippen molar-refractivity contribution >= 4 is 17.7 Å². The van der Waals surface area contributed by atoms with Crippen LogP contribution in [0.5, 0.6) is 0 Å². The monoisotopic (exact) mass is 612 g/mol. The smallest absolute Gasteiger partial charge is 0.410 e. The molecule has 2 aliphatic heterocycles. The number of benzene rings is 1. The largest absolute Gasteiger partial charge is 0.444 e. The number of hydrogen-bond donors (Lipinski definition) is 0. The van der Waals surface area contributed by atoms with Crippen molar-refractivity contribution in [3.8, 4) is 0 Å². The summed E-state index contributed by atoms with van der Waals surface area (Å²) < 4.78 is 51.9. The number of nitrogens with zero attached hydrogens (tertiary/aromatic N) is 6. The number of fused-ring (bicyclic) bond motifs is 1. The Bertz CT molecular complexity index is 1520. The van der Waals surface area contributed by atoms with Crippen LogP contribution in [-0.2, 0) is 27.4 Å². The Labute approximate surface area is 255 Å². The number of piperazine rings is 1. The van der Waals surface area contributed by atoms with E-state index in [4.69, 9.17) is 4.74 Å². The second-order valence-electron chi connectivity index (χ2n) is 13.3. The van der Waals surface area contributed by atoms with E-state index < -0.39 is 40.6 Å². The number of anilines is 1. The van der Waals surface area contributed by atoms with E-state index in [1.807, 2.05) is 25.7 Å². The molecule has 1 aromatic carbocycles. The summed E-state index contributed by atoms with van der Waals surface area (Å²) in [5, 5.41) is 4.06. The van der Waals surface area contributed by atoms with E-state index in [0.717, 1.165) is 6.20 Å².